The Labute approximate surface area is 157 Å². The zero-order valence-electron chi connectivity index (χ0n) is 15.7. The second-order valence-electron chi connectivity index (χ2n) is 6.30. The smallest absolute Gasteiger partial charge is 0.307 e. The highest BCUT2D eigenvalue weighted by Crippen LogP contribution is 2.25. The average molecular weight is 376 g/mol. The first-order valence-corrected chi connectivity index (χ1v) is 8.82. The molecule has 0 aliphatic carbocycles. The molecule has 0 saturated carbocycles. The molecule has 0 fully saturated rings. The molecule has 8 nitrogen and oxygen atoms in total. The third kappa shape index (κ3) is 4.00. The fourth-order valence-corrected chi connectivity index (χ4v) is 3.14. The maximum atomic E-state index is 13.0. The van der Waals surface area contributed by atoms with Crippen LogP contribution in [0.3, 0.4) is 0 Å². The second-order valence-corrected chi connectivity index (χ2v) is 6.30. The number of ether oxygens (including phenoxy) is 1. The van der Waals surface area contributed by atoms with Gasteiger partial charge in [0.15, 0.2) is 0 Å². The first-order chi connectivity index (χ1) is 12.9. The Morgan fingerprint density at radius 2 is 1.74 bits per heavy atom. The van der Waals surface area contributed by atoms with Crippen LogP contribution in [0.4, 0.5) is 0 Å². The van der Waals surface area contributed by atoms with Gasteiger partial charge in [-0.25, -0.2) is 0 Å². The quantitative estimate of drug-likeness (QED) is 0.532. The molecule has 8 heteroatoms. The zero-order valence-corrected chi connectivity index (χ0v) is 15.7. The Bertz CT molecular complexity index is 708. The van der Waals surface area contributed by atoms with Gasteiger partial charge in [-0.05, 0) is 25.5 Å². The lowest BCUT2D eigenvalue weighted by atomic mass is 10.1. The van der Waals surface area contributed by atoms with Gasteiger partial charge in [0, 0.05) is 6.54 Å². The maximum Gasteiger partial charge on any atom is 0.307 e. The summed E-state index contributed by atoms with van der Waals surface area (Å²) < 4.78 is 4.61. The van der Waals surface area contributed by atoms with Crippen molar-refractivity contribution in [3.63, 3.8) is 0 Å². The summed E-state index contributed by atoms with van der Waals surface area (Å²) in [5, 5.41) is 9.60. The molecular weight excluding hydrogens is 352 g/mol. The van der Waals surface area contributed by atoms with Crippen LogP contribution in [0.5, 0.6) is 0 Å². The summed E-state index contributed by atoms with van der Waals surface area (Å²) >= 11 is 0. The van der Waals surface area contributed by atoms with E-state index in [1.54, 1.807) is 31.2 Å². The number of rotatable bonds is 8. The van der Waals surface area contributed by atoms with Crippen molar-refractivity contribution in [3.05, 3.63) is 35.4 Å². The van der Waals surface area contributed by atoms with Crippen molar-refractivity contribution < 1.29 is 29.0 Å². The summed E-state index contributed by atoms with van der Waals surface area (Å²) in [6.07, 6.45) is 0.409. The van der Waals surface area contributed by atoms with Gasteiger partial charge in [-0.2, -0.15) is 0 Å². The summed E-state index contributed by atoms with van der Waals surface area (Å²) in [4.78, 5) is 52.0. The zero-order chi connectivity index (χ0) is 20.1. The Balaban J connectivity index is 2.25. The highest BCUT2D eigenvalue weighted by Gasteiger charge is 2.42. The number of methoxy groups -OCH3 is 1. The van der Waals surface area contributed by atoms with Crippen LogP contribution in [-0.2, 0) is 14.3 Å². The number of imide groups is 1. The standard InChI is InChI=1S/C19H24N2O6/c1-4-13(11-22)20(10-9-16(23)27-3)17(24)12(2)21-18(25)14-7-5-6-8-15(14)19(21)26/h5-8,12-13,22H,4,9-11H2,1-3H3. The topological polar surface area (TPSA) is 104 Å². The van der Waals surface area contributed by atoms with E-state index in [1.807, 2.05) is 0 Å². The van der Waals surface area contributed by atoms with Gasteiger partial charge in [-0.15, -0.1) is 0 Å². The molecule has 2 atom stereocenters. The predicted octanol–water partition coefficient (Wildman–Crippen LogP) is 0.834. The molecule has 0 spiro atoms. The number of carbonyl (C=O) groups excluding carboxylic acids is 4. The van der Waals surface area contributed by atoms with E-state index in [9.17, 15) is 24.3 Å². The number of hydrogen-bond donors (Lipinski definition) is 1. The number of aliphatic hydroxyl groups is 1. The van der Waals surface area contributed by atoms with E-state index in [4.69, 9.17) is 0 Å². The molecule has 27 heavy (non-hydrogen) atoms. The highest BCUT2D eigenvalue weighted by molar-refractivity contribution is 6.22. The van der Waals surface area contributed by atoms with Crippen molar-refractivity contribution in [3.8, 4) is 0 Å². The molecule has 0 aromatic heterocycles. The van der Waals surface area contributed by atoms with Crippen molar-refractivity contribution in [1.29, 1.82) is 0 Å². The van der Waals surface area contributed by atoms with Gasteiger partial charge in [0.2, 0.25) is 5.91 Å². The SMILES string of the molecule is CCC(CO)N(CCC(=O)OC)C(=O)C(C)N1C(=O)c2ccccc2C1=O. The van der Waals surface area contributed by atoms with Crippen molar-refractivity contribution in [2.75, 3.05) is 20.3 Å². The van der Waals surface area contributed by atoms with Gasteiger partial charge in [0.1, 0.15) is 6.04 Å². The molecule has 2 unspecified atom stereocenters. The molecule has 0 bridgehead atoms. The monoisotopic (exact) mass is 376 g/mol. The van der Waals surface area contributed by atoms with Crippen LogP contribution in [0.2, 0.25) is 0 Å². The van der Waals surface area contributed by atoms with Crippen LogP contribution in [0.25, 0.3) is 0 Å². The van der Waals surface area contributed by atoms with Crippen LogP contribution < -0.4 is 0 Å². The van der Waals surface area contributed by atoms with Crippen LogP contribution in [0, 0.1) is 0 Å². The van der Waals surface area contributed by atoms with Gasteiger partial charge in [-0.3, -0.25) is 24.1 Å². The molecular formula is C19H24N2O6. The normalized spacial score (nSPS) is 15.3. The molecule has 1 aromatic rings. The van der Waals surface area contributed by atoms with E-state index in [1.165, 1.54) is 18.9 Å². The van der Waals surface area contributed by atoms with Gasteiger partial charge in [0.05, 0.1) is 37.3 Å². The van der Waals surface area contributed by atoms with Crippen LogP contribution in [0.1, 0.15) is 47.4 Å². The van der Waals surface area contributed by atoms with Crippen LogP contribution >= 0.6 is 0 Å². The van der Waals surface area contributed by atoms with E-state index in [-0.39, 0.29) is 30.7 Å². The lowest BCUT2D eigenvalue weighted by Gasteiger charge is -2.34. The average Bonchev–Trinajstić information content (AvgIpc) is 2.94. The van der Waals surface area contributed by atoms with Gasteiger partial charge < -0.3 is 14.7 Å². The predicted molar refractivity (Wildman–Crippen MR) is 95.9 cm³/mol. The first kappa shape index (κ1) is 20.6. The third-order valence-corrected chi connectivity index (χ3v) is 4.76. The maximum absolute atomic E-state index is 13.0. The summed E-state index contributed by atoms with van der Waals surface area (Å²) in [6, 6.07) is 4.81. The molecule has 0 saturated heterocycles. The number of aliphatic hydroxyl groups excluding tert-OH is 1. The lowest BCUT2D eigenvalue weighted by molar-refractivity contribution is -0.143. The van der Waals surface area contributed by atoms with Gasteiger partial charge in [0.25, 0.3) is 11.8 Å². The van der Waals surface area contributed by atoms with E-state index < -0.39 is 35.8 Å². The number of nitrogens with zero attached hydrogens (tertiary/aromatic N) is 2. The number of hydrogen-bond acceptors (Lipinski definition) is 6. The Hall–Kier alpha value is -2.74. The number of benzene rings is 1. The molecule has 1 heterocycles. The molecule has 1 aliphatic rings. The van der Waals surface area contributed by atoms with E-state index >= 15 is 0 Å². The van der Waals surface area contributed by atoms with E-state index in [0.717, 1.165) is 4.90 Å². The molecule has 146 valence electrons. The van der Waals surface area contributed by atoms with Crippen molar-refractivity contribution in [2.45, 2.75) is 38.8 Å². The Morgan fingerprint density at radius 3 is 2.19 bits per heavy atom. The minimum Gasteiger partial charge on any atom is -0.469 e. The summed E-state index contributed by atoms with van der Waals surface area (Å²) in [6.45, 7) is 3.00. The number of amides is 3. The molecule has 1 aromatic carbocycles. The molecule has 1 N–H and O–H groups in total. The van der Waals surface area contributed by atoms with Crippen molar-refractivity contribution in [2.24, 2.45) is 0 Å². The largest absolute Gasteiger partial charge is 0.469 e. The highest BCUT2D eigenvalue weighted by atomic mass is 16.5. The van der Waals surface area contributed by atoms with Gasteiger partial charge >= 0.3 is 5.97 Å². The summed E-state index contributed by atoms with van der Waals surface area (Å²) in [7, 11) is 1.25. The van der Waals surface area contributed by atoms with E-state index in [0.29, 0.717) is 6.42 Å². The minimum atomic E-state index is -1.06. The van der Waals surface area contributed by atoms with Crippen molar-refractivity contribution >= 4 is 23.7 Å². The third-order valence-electron chi connectivity index (χ3n) is 4.76. The summed E-state index contributed by atoms with van der Waals surface area (Å²) in [5.41, 5.74) is 0.523. The number of esters is 1. The first-order valence-electron chi connectivity index (χ1n) is 8.82. The van der Waals surface area contributed by atoms with Crippen molar-refractivity contribution in [1.82, 2.24) is 9.80 Å². The molecule has 1 aliphatic heterocycles. The molecule has 2 rings (SSSR count). The van der Waals surface area contributed by atoms with Crippen LogP contribution in [0.15, 0.2) is 24.3 Å². The number of fused-ring (bicyclic) bond motifs is 1. The molecule has 3 amide bonds. The number of carbonyl (C=O) groups is 4. The Kier molecular flexibility index (Phi) is 6.68. The fraction of sp³-hybridized carbons (Fsp3) is 0.474. The second kappa shape index (κ2) is 8.77. The van der Waals surface area contributed by atoms with Crippen LogP contribution in [-0.4, -0.2) is 70.9 Å². The lowest BCUT2D eigenvalue weighted by Crippen LogP contribution is -2.53. The van der Waals surface area contributed by atoms with E-state index in [2.05, 4.69) is 4.74 Å². The molecule has 0 radical (unpaired) electrons. The fourth-order valence-electron chi connectivity index (χ4n) is 3.14. The summed E-state index contributed by atoms with van der Waals surface area (Å²) in [5.74, 6) is -2.05. The minimum absolute atomic E-state index is 0.0259. The Morgan fingerprint density at radius 1 is 1.19 bits per heavy atom. The van der Waals surface area contributed by atoms with Gasteiger partial charge in [-0.1, -0.05) is 19.1 Å².